The Labute approximate surface area is 269 Å². The van der Waals surface area contributed by atoms with E-state index in [0.717, 1.165) is 79.1 Å². The lowest BCUT2D eigenvalue weighted by molar-refractivity contribution is -0.126. The Kier molecular flexibility index (Phi) is 9.58. The van der Waals surface area contributed by atoms with Crippen molar-refractivity contribution in [2.24, 2.45) is 0 Å². The first kappa shape index (κ1) is 32.0. The molecule has 1 aliphatic heterocycles. The Morgan fingerprint density at radius 1 is 1.09 bits per heavy atom. The SMILES string of the molecule is CCCOCCn1nc(Cn2c(C#N)cc3cc(CN4CCC(Nc5ncnc6sc(CC(F)(F)F)cc56)CC4)ccc32)cc1C. The summed E-state index contributed by atoms with van der Waals surface area (Å²) < 4.78 is 48.4. The van der Waals surface area contributed by atoms with Crippen molar-refractivity contribution in [2.75, 3.05) is 31.6 Å². The van der Waals surface area contributed by atoms with Gasteiger partial charge >= 0.3 is 6.18 Å². The molecule has 5 aromatic rings. The first-order chi connectivity index (χ1) is 22.2. The van der Waals surface area contributed by atoms with Gasteiger partial charge in [-0.3, -0.25) is 9.58 Å². The van der Waals surface area contributed by atoms with Gasteiger partial charge in [0.1, 0.15) is 28.7 Å². The molecule has 46 heavy (non-hydrogen) atoms. The van der Waals surface area contributed by atoms with E-state index < -0.39 is 12.6 Å². The predicted molar refractivity (Wildman–Crippen MR) is 173 cm³/mol. The molecule has 13 heteroatoms. The van der Waals surface area contributed by atoms with Gasteiger partial charge in [-0.1, -0.05) is 13.0 Å². The molecule has 0 atom stereocenters. The van der Waals surface area contributed by atoms with Crippen molar-refractivity contribution in [3.8, 4) is 6.07 Å². The average molecular weight is 651 g/mol. The molecule has 1 aliphatic rings. The fourth-order valence-electron chi connectivity index (χ4n) is 6.12. The fraction of sp³-hybridized carbons (Fsp3) is 0.455. The molecule has 1 saturated heterocycles. The minimum absolute atomic E-state index is 0.172. The largest absolute Gasteiger partial charge is 0.393 e. The predicted octanol–water partition coefficient (Wildman–Crippen LogP) is 6.68. The van der Waals surface area contributed by atoms with Gasteiger partial charge in [0.15, 0.2) is 0 Å². The summed E-state index contributed by atoms with van der Waals surface area (Å²) in [6.07, 6.45) is -1.04. The Hall–Kier alpha value is -3.99. The number of aromatic nitrogens is 5. The maximum absolute atomic E-state index is 12.9. The van der Waals surface area contributed by atoms with E-state index in [1.54, 1.807) is 6.07 Å². The summed E-state index contributed by atoms with van der Waals surface area (Å²) >= 11 is 1.06. The van der Waals surface area contributed by atoms with E-state index in [2.05, 4.69) is 57.4 Å². The van der Waals surface area contributed by atoms with Crippen molar-refractivity contribution in [3.63, 3.8) is 0 Å². The van der Waals surface area contributed by atoms with Gasteiger partial charge in [-0.05, 0) is 62.1 Å². The summed E-state index contributed by atoms with van der Waals surface area (Å²) in [5, 5.41) is 19.8. The molecule has 0 aliphatic carbocycles. The zero-order valence-corrected chi connectivity index (χ0v) is 26.8. The monoisotopic (exact) mass is 650 g/mol. The van der Waals surface area contributed by atoms with Gasteiger partial charge in [0.25, 0.3) is 0 Å². The number of benzene rings is 1. The van der Waals surface area contributed by atoms with Gasteiger partial charge in [-0.25, -0.2) is 9.97 Å². The summed E-state index contributed by atoms with van der Waals surface area (Å²) in [4.78, 5) is 11.7. The number of fused-ring (bicyclic) bond motifs is 2. The summed E-state index contributed by atoms with van der Waals surface area (Å²) in [6, 6.07) is 14.5. The van der Waals surface area contributed by atoms with Gasteiger partial charge in [-0.15, -0.1) is 11.3 Å². The van der Waals surface area contributed by atoms with Crippen LogP contribution in [0.25, 0.3) is 21.1 Å². The number of thiophene rings is 1. The highest BCUT2D eigenvalue weighted by Crippen LogP contribution is 2.33. The number of ether oxygens (including phenoxy) is 1. The molecule has 5 heterocycles. The highest BCUT2D eigenvalue weighted by Gasteiger charge is 2.29. The molecular formula is C33H37F3N8OS. The van der Waals surface area contributed by atoms with E-state index in [-0.39, 0.29) is 10.9 Å². The van der Waals surface area contributed by atoms with Gasteiger partial charge < -0.3 is 14.6 Å². The van der Waals surface area contributed by atoms with Crippen LogP contribution in [0.4, 0.5) is 19.0 Å². The van der Waals surface area contributed by atoms with Crippen molar-refractivity contribution in [1.29, 1.82) is 5.26 Å². The lowest BCUT2D eigenvalue weighted by atomic mass is 10.0. The van der Waals surface area contributed by atoms with Crippen LogP contribution in [0.3, 0.4) is 0 Å². The summed E-state index contributed by atoms with van der Waals surface area (Å²) in [5.41, 5.74) is 4.77. The Balaban J connectivity index is 1.07. The number of anilines is 1. The van der Waals surface area contributed by atoms with Gasteiger partial charge in [0.2, 0.25) is 0 Å². The van der Waals surface area contributed by atoms with E-state index in [9.17, 15) is 18.4 Å². The Bertz CT molecular complexity index is 1850. The van der Waals surface area contributed by atoms with Crippen LogP contribution in [0.15, 0.2) is 42.7 Å². The van der Waals surface area contributed by atoms with Crippen LogP contribution < -0.4 is 5.32 Å². The normalized spacial score (nSPS) is 14.8. The molecule has 0 amide bonds. The molecule has 0 unspecified atom stereocenters. The van der Waals surface area contributed by atoms with E-state index in [4.69, 9.17) is 9.84 Å². The number of piperidine rings is 1. The Morgan fingerprint density at radius 2 is 1.91 bits per heavy atom. The molecule has 9 nitrogen and oxygen atoms in total. The molecular weight excluding hydrogens is 613 g/mol. The number of alkyl halides is 3. The van der Waals surface area contributed by atoms with Gasteiger partial charge in [-0.2, -0.15) is 23.5 Å². The molecule has 6 rings (SSSR count). The number of nitrogens with one attached hydrogen (secondary N) is 1. The topological polar surface area (TPSA) is 96.8 Å². The zero-order valence-electron chi connectivity index (χ0n) is 26.0. The van der Waals surface area contributed by atoms with Crippen molar-refractivity contribution in [1.82, 2.24) is 29.2 Å². The molecule has 1 aromatic carbocycles. The molecule has 242 valence electrons. The van der Waals surface area contributed by atoms with Gasteiger partial charge in [0.05, 0.1) is 37.2 Å². The van der Waals surface area contributed by atoms with Crippen molar-refractivity contribution in [3.05, 3.63) is 70.2 Å². The zero-order chi connectivity index (χ0) is 32.3. The van der Waals surface area contributed by atoms with E-state index in [1.165, 1.54) is 11.9 Å². The van der Waals surface area contributed by atoms with Crippen LogP contribution in [0.1, 0.15) is 53.7 Å². The first-order valence-electron chi connectivity index (χ1n) is 15.6. The molecule has 1 fully saturated rings. The van der Waals surface area contributed by atoms with E-state index in [1.807, 2.05) is 22.2 Å². The molecule has 0 radical (unpaired) electrons. The van der Waals surface area contributed by atoms with Crippen LogP contribution in [0, 0.1) is 18.3 Å². The third kappa shape index (κ3) is 7.52. The smallest absolute Gasteiger partial charge is 0.380 e. The fourth-order valence-corrected chi connectivity index (χ4v) is 7.14. The number of aryl methyl sites for hydroxylation is 1. The summed E-state index contributed by atoms with van der Waals surface area (Å²) in [6.45, 7) is 9.26. The molecule has 4 aromatic heterocycles. The second-order valence-corrected chi connectivity index (χ2v) is 13.0. The minimum Gasteiger partial charge on any atom is -0.380 e. The number of nitriles is 1. The number of nitrogens with zero attached hydrogens (tertiary/aromatic N) is 7. The standard InChI is InChI=1S/C33H37F3N8OS/c1-3-11-45-12-10-44-22(2)13-26(41-44)20-43-27(18-37)15-24-14-23(4-5-30(24)43)19-42-8-6-25(7-9-42)40-31-29-16-28(17-33(34,35)36)46-32(29)39-21-38-31/h4-5,13-16,21,25H,3,6-12,17,19-20H2,1-2H3,(H,38,39,40). The average Bonchev–Trinajstić information content (AvgIpc) is 3.70. The summed E-state index contributed by atoms with van der Waals surface area (Å²) in [7, 11) is 0. The van der Waals surface area contributed by atoms with Crippen molar-refractivity contribution in [2.45, 2.75) is 71.4 Å². The maximum Gasteiger partial charge on any atom is 0.393 e. The van der Waals surface area contributed by atoms with Gasteiger partial charge in [0, 0.05) is 53.8 Å². The van der Waals surface area contributed by atoms with Crippen LogP contribution in [-0.2, 0) is 30.8 Å². The Morgan fingerprint density at radius 3 is 2.67 bits per heavy atom. The number of hydrogen-bond donors (Lipinski definition) is 1. The molecule has 0 saturated carbocycles. The van der Waals surface area contributed by atoms with Crippen LogP contribution >= 0.6 is 11.3 Å². The molecule has 1 N–H and O–H groups in total. The van der Waals surface area contributed by atoms with Crippen LogP contribution in [-0.4, -0.2) is 67.7 Å². The second kappa shape index (κ2) is 13.8. The lowest BCUT2D eigenvalue weighted by Crippen LogP contribution is -2.38. The van der Waals surface area contributed by atoms with Crippen LogP contribution in [0.5, 0.6) is 0 Å². The van der Waals surface area contributed by atoms with E-state index in [0.29, 0.717) is 41.4 Å². The third-order valence-electron chi connectivity index (χ3n) is 8.32. The van der Waals surface area contributed by atoms with Crippen molar-refractivity contribution < 1.29 is 17.9 Å². The minimum atomic E-state index is -4.26. The van der Waals surface area contributed by atoms with E-state index >= 15 is 0 Å². The summed E-state index contributed by atoms with van der Waals surface area (Å²) in [5.74, 6) is 0.597. The highest BCUT2D eigenvalue weighted by molar-refractivity contribution is 7.18. The second-order valence-electron chi connectivity index (χ2n) is 11.9. The highest BCUT2D eigenvalue weighted by atomic mass is 32.1. The third-order valence-corrected chi connectivity index (χ3v) is 9.36. The van der Waals surface area contributed by atoms with Crippen molar-refractivity contribution >= 4 is 38.3 Å². The number of rotatable bonds is 12. The molecule has 0 bridgehead atoms. The van der Waals surface area contributed by atoms with Crippen LogP contribution in [0.2, 0.25) is 0 Å². The molecule has 0 spiro atoms. The first-order valence-corrected chi connectivity index (χ1v) is 16.4. The number of likely N-dealkylation sites (tertiary alicyclic amines) is 1. The number of halogens is 3. The lowest BCUT2D eigenvalue weighted by Gasteiger charge is -2.32. The number of hydrogen-bond acceptors (Lipinski definition) is 8. The maximum atomic E-state index is 12.9. The quantitative estimate of drug-likeness (QED) is 0.151.